The van der Waals surface area contributed by atoms with E-state index in [1.54, 1.807) is 57.6 Å². The third kappa shape index (κ3) is 4.94. The molecule has 0 saturated heterocycles. The number of aromatic nitrogens is 3. The molecule has 0 bridgehead atoms. The molecule has 0 spiro atoms. The molecule has 0 aliphatic rings. The summed E-state index contributed by atoms with van der Waals surface area (Å²) in [5.41, 5.74) is 3.10. The first-order valence-electron chi connectivity index (χ1n) is 11.4. The van der Waals surface area contributed by atoms with Crippen molar-refractivity contribution in [2.24, 2.45) is 21.1 Å². The molecular weight excluding hydrogens is 446 g/mol. The van der Waals surface area contributed by atoms with Crippen LogP contribution >= 0.6 is 0 Å². The Morgan fingerprint density at radius 1 is 0.971 bits per heavy atom. The second kappa shape index (κ2) is 8.98. The van der Waals surface area contributed by atoms with Crippen LogP contribution in [0.2, 0.25) is 0 Å². The quantitative estimate of drug-likeness (QED) is 0.460. The lowest BCUT2D eigenvalue weighted by molar-refractivity contribution is -0.118. The number of benzene rings is 2. The summed E-state index contributed by atoms with van der Waals surface area (Å²) in [6.07, 6.45) is 1.57. The van der Waals surface area contributed by atoms with Gasteiger partial charge >= 0.3 is 11.8 Å². The lowest BCUT2D eigenvalue weighted by atomic mass is 10.0. The van der Waals surface area contributed by atoms with E-state index >= 15 is 0 Å². The van der Waals surface area contributed by atoms with Crippen LogP contribution in [-0.2, 0) is 37.1 Å². The van der Waals surface area contributed by atoms with E-state index in [0.717, 1.165) is 22.0 Å². The molecule has 2 heterocycles. The number of imidazole rings is 1. The van der Waals surface area contributed by atoms with Crippen LogP contribution in [0.1, 0.15) is 26.3 Å². The van der Waals surface area contributed by atoms with Gasteiger partial charge in [-0.25, -0.2) is 9.59 Å². The van der Waals surface area contributed by atoms with Crippen LogP contribution in [0.15, 0.2) is 53.5 Å². The van der Waals surface area contributed by atoms with Gasteiger partial charge in [-0.1, -0.05) is 18.2 Å². The molecule has 2 amide bonds. The van der Waals surface area contributed by atoms with Crippen molar-refractivity contribution in [1.29, 1.82) is 0 Å². The molecule has 2 N–H and O–H groups in total. The number of carbonyl (C=O) groups excluding carboxylic acids is 2. The van der Waals surface area contributed by atoms with Crippen molar-refractivity contribution < 1.29 is 14.3 Å². The van der Waals surface area contributed by atoms with Gasteiger partial charge in [0.15, 0.2) is 0 Å². The summed E-state index contributed by atoms with van der Waals surface area (Å²) in [6, 6.07) is 12.3. The summed E-state index contributed by atoms with van der Waals surface area (Å²) in [5, 5.41) is 6.64. The van der Waals surface area contributed by atoms with E-state index in [1.165, 1.54) is 4.57 Å². The van der Waals surface area contributed by atoms with E-state index in [0.29, 0.717) is 11.2 Å². The number of hydrogen-bond donors (Lipinski definition) is 2. The van der Waals surface area contributed by atoms with Crippen LogP contribution in [0, 0.1) is 0 Å². The van der Waals surface area contributed by atoms with Gasteiger partial charge in [0, 0.05) is 50.4 Å². The molecule has 9 heteroatoms. The largest absolute Gasteiger partial charge is 0.444 e. The van der Waals surface area contributed by atoms with Crippen LogP contribution in [0.3, 0.4) is 0 Å². The van der Waals surface area contributed by atoms with Crippen LogP contribution < -0.4 is 16.3 Å². The van der Waals surface area contributed by atoms with E-state index in [1.807, 2.05) is 42.1 Å². The highest BCUT2D eigenvalue weighted by atomic mass is 16.6. The Labute approximate surface area is 203 Å². The van der Waals surface area contributed by atoms with Crippen LogP contribution in [0.4, 0.5) is 10.5 Å². The minimum atomic E-state index is -0.883. The maximum atomic E-state index is 13.4. The molecule has 2 aromatic carbocycles. The first-order valence-corrected chi connectivity index (χ1v) is 11.4. The number of aryl methyl sites for hydroxylation is 3. The molecular formula is C26H31N5O4. The molecule has 35 heavy (non-hydrogen) atoms. The maximum absolute atomic E-state index is 13.4. The van der Waals surface area contributed by atoms with E-state index in [9.17, 15) is 14.4 Å². The van der Waals surface area contributed by atoms with Crippen LogP contribution in [0.25, 0.3) is 21.9 Å². The number of anilines is 1. The van der Waals surface area contributed by atoms with Gasteiger partial charge in [-0.05, 0) is 50.6 Å². The molecule has 0 fully saturated rings. The van der Waals surface area contributed by atoms with Crippen molar-refractivity contribution in [2.45, 2.75) is 38.8 Å². The standard InChI is InChI=1S/C26H31N5O4/c1-26(2,3)35-24(33)28-19(13-16-15-29(4)20-10-8-7-9-18(16)20)23(32)27-17-11-12-21-22(14-17)31(6)25(34)30(21)5/h7-12,14-15,19H,13H2,1-6H3,(H,27,32)(H,28,33). The zero-order valence-electron chi connectivity index (χ0n) is 20.9. The second-order valence-electron chi connectivity index (χ2n) is 9.78. The van der Waals surface area contributed by atoms with Crippen molar-refractivity contribution in [1.82, 2.24) is 19.0 Å². The Hall–Kier alpha value is -4.01. The monoisotopic (exact) mass is 477 g/mol. The lowest BCUT2D eigenvalue weighted by Crippen LogP contribution is -2.47. The number of alkyl carbamates (subject to hydrolysis) is 1. The van der Waals surface area contributed by atoms with Crippen molar-refractivity contribution in [3.63, 3.8) is 0 Å². The minimum Gasteiger partial charge on any atom is -0.444 e. The molecule has 4 rings (SSSR count). The van der Waals surface area contributed by atoms with Gasteiger partial charge in [0.05, 0.1) is 11.0 Å². The van der Waals surface area contributed by atoms with Gasteiger partial charge in [-0.3, -0.25) is 13.9 Å². The maximum Gasteiger partial charge on any atom is 0.408 e. The Kier molecular flexibility index (Phi) is 6.19. The number of para-hydroxylation sites is 1. The SMILES string of the molecule is Cn1cc(CC(NC(=O)OC(C)(C)C)C(=O)Nc2ccc3c(c2)n(C)c(=O)n3C)c2ccccc21. The average molecular weight is 478 g/mol. The van der Waals surface area contributed by atoms with Crippen LogP contribution in [0.5, 0.6) is 0 Å². The summed E-state index contributed by atoms with van der Waals surface area (Å²) in [6.45, 7) is 5.31. The number of rotatable bonds is 5. The molecule has 1 unspecified atom stereocenters. The fraction of sp³-hybridized carbons (Fsp3) is 0.346. The van der Waals surface area contributed by atoms with Gasteiger partial charge < -0.3 is 19.9 Å². The number of carbonyl (C=O) groups is 2. The van der Waals surface area contributed by atoms with Crippen molar-refractivity contribution in [2.75, 3.05) is 5.32 Å². The molecule has 1 atom stereocenters. The van der Waals surface area contributed by atoms with Crippen molar-refractivity contribution in [3.8, 4) is 0 Å². The third-order valence-electron chi connectivity index (χ3n) is 5.95. The van der Waals surface area contributed by atoms with Gasteiger partial charge in [0.2, 0.25) is 5.91 Å². The number of hydrogen-bond acceptors (Lipinski definition) is 4. The van der Waals surface area contributed by atoms with Gasteiger partial charge in [0.25, 0.3) is 0 Å². The minimum absolute atomic E-state index is 0.149. The van der Waals surface area contributed by atoms with Crippen molar-refractivity contribution in [3.05, 3.63) is 64.7 Å². The van der Waals surface area contributed by atoms with Crippen LogP contribution in [-0.4, -0.2) is 37.3 Å². The first kappa shape index (κ1) is 24.1. The topological polar surface area (TPSA) is 99.3 Å². The highest BCUT2D eigenvalue weighted by Crippen LogP contribution is 2.23. The van der Waals surface area contributed by atoms with Gasteiger partial charge in [-0.15, -0.1) is 0 Å². The van der Waals surface area contributed by atoms with E-state index in [2.05, 4.69) is 10.6 Å². The number of amides is 2. The highest BCUT2D eigenvalue weighted by Gasteiger charge is 2.26. The Bertz CT molecular complexity index is 1490. The number of nitrogens with zero attached hydrogens (tertiary/aromatic N) is 3. The van der Waals surface area contributed by atoms with E-state index < -0.39 is 17.7 Å². The summed E-state index contributed by atoms with van der Waals surface area (Å²) < 4.78 is 10.5. The Morgan fingerprint density at radius 3 is 2.37 bits per heavy atom. The molecule has 9 nitrogen and oxygen atoms in total. The summed E-state index contributed by atoms with van der Waals surface area (Å²) in [4.78, 5) is 38.2. The molecule has 2 aromatic heterocycles. The zero-order chi connectivity index (χ0) is 25.5. The molecule has 0 aliphatic heterocycles. The summed E-state index contributed by atoms with van der Waals surface area (Å²) in [7, 11) is 5.33. The average Bonchev–Trinajstić information content (AvgIpc) is 3.21. The molecule has 0 aliphatic carbocycles. The first-order chi connectivity index (χ1) is 16.4. The Morgan fingerprint density at radius 2 is 1.66 bits per heavy atom. The lowest BCUT2D eigenvalue weighted by Gasteiger charge is -2.23. The molecule has 0 saturated carbocycles. The van der Waals surface area contributed by atoms with E-state index in [-0.39, 0.29) is 18.0 Å². The third-order valence-corrected chi connectivity index (χ3v) is 5.95. The fourth-order valence-corrected chi connectivity index (χ4v) is 4.28. The summed E-state index contributed by atoms with van der Waals surface area (Å²) >= 11 is 0. The van der Waals surface area contributed by atoms with Gasteiger partial charge in [-0.2, -0.15) is 0 Å². The zero-order valence-corrected chi connectivity index (χ0v) is 20.9. The highest BCUT2D eigenvalue weighted by molar-refractivity contribution is 5.98. The fourth-order valence-electron chi connectivity index (χ4n) is 4.28. The normalized spacial score (nSPS) is 12.6. The van der Waals surface area contributed by atoms with Crippen molar-refractivity contribution >= 4 is 39.6 Å². The number of ether oxygens (including phenoxy) is 1. The number of nitrogens with one attached hydrogen (secondary N) is 2. The predicted molar refractivity (Wildman–Crippen MR) is 137 cm³/mol. The van der Waals surface area contributed by atoms with E-state index in [4.69, 9.17) is 4.74 Å². The number of fused-ring (bicyclic) bond motifs is 2. The molecule has 184 valence electrons. The smallest absolute Gasteiger partial charge is 0.408 e. The second-order valence-corrected chi connectivity index (χ2v) is 9.78. The summed E-state index contributed by atoms with van der Waals surface area (Å²) in [5.74, 6) is -0.385. The molecule has 0 radical (unpaired) electrons. The molecule has 4 aromatic rings. The van der Waals surface area contributed by atoms with Gasteiger partial charge in [0.1, 0.15) is 11.6 Å². The predicted octanol–water partition coefficient (Wildman–Crippen LogP) is 3.44. The Balaban J connectivity index is 1.64.